The summed E-state index contributed by atoms with van der Waals surface area (Å²) in [5.74, 6) is 0.690. The van der Waals surface area contributed by atoms with Crippen LogP contribution in [0, 0.1) is 6.92 Å². The van der Waals surface area contributed by atoms with Crippen molar-refractivity contribution in [2.45, 2.75) is 11.8 Å². The highest BCUT2D eigenvalue weighted by atomic mass is 32.2. The Kier molecular flexibility index (Phi) is 5.32. The molecule has 0 saturated carbocycles. The van der Waals surface area contributed by atoms with Crippen LogP contribution in [0.25, 0.3) is 32.2 Å². The third-order valence-corrected chi connectivity index (χ3v) is 8.87. The van der Waals surface area contributed by atoms with Gasteiger partial charge in [-0.05, 0) is 61.5 Å². The largest absolute Gasteiger partial charge is 0.339 e. The highest BCUT2D eigenvalue weighted by Gasteiger charge is 2.22. The lowest BCUT2D eigenvalue weighted by Crippen LogP contribution is -2.13. The van der Waals surface area contributed by atoms with Crippen molar-refractivity contribution in [1.82, 2.24) is 29.1 Å². The van der Waals surface area contributed by atoms with Crippen LogP contribution in [0.15, 0.2) is 89.5 Å². The van der Waals surface area contributed by atoms with Gasteiger partial charge in [0.2, 0.25) is 5.95 Å². The van der Waals surface area contributed by atoms with Crippen LogP contribution in [0.4, 0.5) is 23.1 Å². The van der Waals surface area contributed by atoms with Crippen LogP contribution in [-0.4, -0.2) is 37.5 Å². The normalized spacial score (nSPS) is 11.9. The minimum absolute atomic E-state index is 0.173. The van der Waals surface area contributed by atoms with E-state index in [-0.39, 0.29) is 16.5 Å². The van der Waals surface area contributed by atoms with Gasteiger partial charge in [-0.15, -0.1) is 11.3 Å². The maximum absolute atomic E-state index is 13.6. The SMILES string of the molecule is Cc1ccc(S(=O)(=O)n2ccc3c(Nc4ccc5scnc5c4)nc(Nc4ccc5cn[nH]c5c4)nc32)cc1. The Labute approximate surface area is 226 Å². The molecule has 0 atom stereocenters. The van der Waals surface area contributed by atoms with Crippen molar-refractivity contribution in [1.29, 1.82) is 0 Å². The fraction of sp³-hybridized carbons (Fsp3) is 0.0370. The zero-order valence-electron chi connectivity index (χ0n) is 20.5. The monoisotopic (exact) mass is 552 g/mol. The molecule has 0 radical (unpaired) electrons. The Morgan fingerprint density at radius 1 is 0.923 bits per heavy atom. The van der Waals surface area contributed by atoms with Crippen molar-refractivity contribution in [2.24, 2.45) is 0 Å². The third-order valence-electron chi connectivity index (χ3n) is 6.38. The Balaban J connectivity index is 1.36. The number of aromatic amines is 1. The number of aromatic nitrogens is 6. The fourth-order valence-electron chi connectivity index (χ4n) is 4.38. The molecule has 3 aromatic carbocycles. The number of hydrogen-bond acceptors (Lipinski definition) is 9. The van der Waals surface area contributed by atoms with Gasteiger partial charge >= 0.3 is 0 Å². The first kappa shape index (κ1) is 23.3. The van der Waals surface area contributed by atoms with Gasteiger partial charge < -0.3 is 10.6 Å². The second-order valence-electron chi connectivity index (χ2n) is 9.02. The van der Waals surface area contributed by atoms with E-state index in [2.05, 4.69) is 30.8 Å². The van der Waals surface area contributed by atoms with E-state index in [1.54, 1.807) is 53.4 Å². The van der Waals surface area contributed by atoms with Crippen molar-refractivity contribution in [3.63, 3.8) is 0 Å². The van der Waals surface area contributed by atoms with Crippen molar-refractivity contribution in [2.75, 3.05) is 10.6 Å². The number of anilines is 4. The third kappa shape index (κ3) is 4.15. The molecule has 4 heterocycles. The number of nitrogens with zero attached hydrogens (tertiary/aromatic N) is 5. The smallest absolute Gasteiger partial charge is 0.269 e. The summed E-state index contributed by atoms with van der Waals surface area (Å²) in [4.78, 5) is 13.9. The van der Waals surface area contributed by atoms with Crippen molar-refractivity contribution >= 4 is 76.7 Å². The van der Waals surface area contributed by atoms with E-state index in [0.29, 0.717) is 11.2 Å². The van der Waals surface area contributed by atoms with E-state index in [4.69, 9.17) is 4.98 Å². The minimum atomic E-state index is -3.91. The Morgan fingerprint density at radius 3 is 2.62 bits per heavy atom. The summed E-state index contributed by atoms with van der Waals surface area (Å²) in [6.07, 6.45) is 3.25. The molecule has 3 N–H and O–H groups in total. The van der Waals surface area contributed by atoms with Gasteiger partial charge in [0, 0.05) is 23.0 Å². The first-order valence-corrected chi connectivity index (χ1v) is 14.3. The minimum Gasteiger partial charge on any atom is -0.339 e. The van der Waals surface area contributed by atoms with E-state index in [0.717, 1.165) is 38.1 Å². The summed E-state index contributed by atoms with van der Waals surface area (Å²) in [7, 11) is -3.91. The number of H-pyrrole nitrogens is 1. The van der Waals surface area contributed by atoms with Crippen LogP contribution < -0.4 is 10.6 Å². The van der Waals surface area contributed by atoms with E-state index in [9.17, 15) is 8.42 Å². The van der Waals surface area contributed by atoms with Crippen LogP contribution in [0.3, 0.4) is 0 Å². The maximum Gasteiger partial charge on any atom is 0.269 e. The molecule has 7 aromatic rings. The first-order valence-electron chi connectivity index (χ1n) is 12.0. The quantitative estimate of drug-likeness (QED) is 0.231. The standard InChI is InChI=1S/C27H20N8O2S2/c1-16-2-7-20(8-3-16)39(36,37)35-11-10-21-25(30-18-6-9-24-23(13-18)28-15-38-24)32-27(33-26(21)35)31-19-5-4-17-14-29-34-22(17)12-19/h2-15H,1H3,(H,29,34)(H2,30,31,32,33). The molecule has 0 bridgehead atoms. The molecule has 0 saturated heterocycles. The number of thiazole rings is 1. The molecule has 0 aliphatic rings. The number of rotatable bonds is 6. The van der Waals surface area contributed by atoms with Crippen LogP contribution in [-0.2, 0) is 10.0 Å². The molecule has 10 nitrogen and oxygen atoms in total. The molecule has 192 valence electrons. The average molecular weight is 553 g/mol. The highest BCUT2D eigenvalue weighted by Crippen LogP contribution is 2.31. The lowest BCUT2D eigenvalue weighted by atomic mass is 10.2. The molecule has 0 aliphatic carbocycles. The molecule has 0 fully saturated rings. The van der Waals surface area contributed by atoms with Crippen molar-refractivity contribution in [3.05, 3.63) is 90.2 Å². The molecule has 0 amide bonds. The topological polar surface area (TPSA) is 130 Å². The average Bonchev–Trinajstić information content (AvgIpc) is 3.68. The lowest BCUT2D eigenvalue weighted by Gasteiger charge is -2.12. The van der Waals surface area contributed by atoms with Gasteiger partial charge in [-0.3, -0.25) is 5.10 Å². The van der Waals surface area contributed by atoms with E-state index in [1.165, 1.54) is 10.2 Å². The van der Waals surface area contributed by atoms with Crippen LogP contribution in [0.1, 0.15) is 5.56 Å². The predicted molar refractivity (Wildman–Crippen MR) is 154 cm³/mol. The molecular formula is C27H20N8O2S2. The van der Waals surface area contributed by atoms with Crippen LogP contribution >= 0.6 is 11.3 Å². The van der Waals surface area contributed by atoms with Gasteiger partial charge in [0.1, 0.15) is 5.82 Å². The number of hydrogen-bond donors (Lipinski definition) is 3. The van der Waals surface area contributed by atoms with Gasteiger partial charge in [0.05, 0.1) is 37.7 Å². The van der Waals surface area contributed by atoms with Crippen molar-refractivity contribution < 1.29 is 8.42 Å². The van der Waals surface area contributed by atoms with Crippen LogP contribution in [0.2, 0.25) is 0 Å². The van der Waals surface area contributed by atoms with Gasteiger partial charge in [0.15, 0.2) is 5.65 Å². The Morgan fingerprint density at radius 2 is 1.74 bits per heavy atom. The molecule has 4 aromatic heterocycles. The number of nitrogens with one attached hydrogen (secondary N) is 3. The van der Waals surface area contributed by atoms with Gasteiger partial charge in [-0.25, -0.2) is 17.4 Å². The maximum atomic E-state index is 13.6. The summed E-state index contributed by atoms with van der Waals surface area (Å²) in [5.41, 5.74) is 6.22. The molecular weight excluding hydrogens is 532 g/mol. The van der Waals surface area contributed by atoms with Crippen LogP contribution in [0.5, 0.6) is 0 Å². The summed E-state index contributed by atoms with van der Waals surface area (Å²) >= 11 is 1.56. The predicted octanol–water partition coefficient (Wildman–Crippen LogP) is 5.95. The molecule has 0 unspecified atom stereocenters. The fourth-order valence-corrected chi connectivity index (χ4v) is 6.33. The van der Waals surface area contributed by atoms with Gasteiger partial charge in [-0.2, -0.15) is 15.1 Å². The molecule has 39 heavy (non-hydrogen) atoms. The van der Waals surface area contributed by atoms with Gasteiger partial charge in [0.25, 0.3) is 10.0 Å². The second-order valence-corrected chi connectivity index (χ2v) is 11.7. The zero-order chi connectivity index (χ0) is 26.6. The van der Waals surface area contributed by atoms with E-state index < -0.39 is 10.0 Å². The summed E-state index contributed by atoms with van der Waals surface area (Å²) < 4.78 is 29.5. The summed E-state index contributed by atoms with van der Waals surface area (Å²) in [5, 5.41) is 15.1. The summed E-state index contributed by atoms with van der Waals surface area (Å²) in [6, 6.07) is 20.0. The lowest BCUT2D eigenvalue weighted by molar-refractivity contribution is 0.589. The molecule has 0 spiro atoms. The second kappa shape index (κ2) is 8.89. The summed E-state index contributed by atoms with van der Waals surface area (Å²) in [6.45, 7) is 1.91. The number of aryl methyl sites for hydroxylation is 1. The molecule has 7 rings (SSSR count). The zero-order valence-corrected chi connectivity index (χ0v) is 22.1. The Hall–Kier alpha value is -4.81. The molecule has 0 aliphatic heterocycles. The van der Waals surface area contributed by atoms with E-state index in [1.807, 2.05) is 43.3 Å². The Bertz CT molecular complexity index is 2110. The van der Waals surface area contributed by atoms with Gasteiger partial charge in [-0.1, -0.05) is 17.7 Å². The number of fused-ring (bicyclic) bond motifs is 3. The first-order chi connectivity index (χ1) is 18.9. The number of benzene rings is 3. The van der Waals surface area contributed by atoms with Crippen molar-refractivity contribution in [3.8, 4) is 0 Å². The van der Waals surface area contributed by atoms with E-state index >= 15 is 0 Å². The molecule has 12 heteroatoms. The highest BCUT2D eigenvalue weighted by molar-refractivity contribution is 7.90.